The molecule has 1 saturated heterocycles. The molecule has 0 atom stereocenters. The Balaban J connectivity index is 1.66. The van der Waals surface area contributed by atoms with E-state index in [0.29, 0.717) is 0 Å². The molecule has 2 aromatic carbocycles. The smallest absolute Gasteiger partial charge is 0.253 e. The minimum Gasteiger partial charge on any atom is -0.372 e. The van der Waals surface area contributed by atoms with E-state index < -0.39 is 0 Å². The molecule has 1 aromatic heterocycles. The van der Waals surface area contributed by atoms with E-state index in [-0.39, 0.29) is 5.91 Å². The molecule has 4 rings (SSSR count). The standard InChI is InChI=1S/C34H51N5O/c1-5-9-24-38(25-10-6-2)34(40)29-17-20-31-32(27-29)39(26-14-23-36-21-12-11-13-22-36)33(35-31)28-15-18-30(19-16-28)37(7-3)8-4/h15-20,27H,5-14,21-26H2,1-4H3. The summed E-state index contributed by atoms with van der Waals surface area (Å²) in [6.07, 6.45) is 9.34. The van der Waals surface area contributed by atoms with Crippen molar-refractivity contribution in [2.75, 3.05) is 50.7 Å². The fraction of sp³-hybridized carbons (Fsp3) is 0.588. The maximum absolute atomic E-state index is 13.7. The van der Waals surface area contributed by atoms with E-state index in [2.05, 4.69) is 83.4 Å². The van der Waals surface area contributed by atoms with Gasteiger partial charge in [-0.25, -0.2) is 4.98 Å². The number of hydrogen-bond acceptors (Lipinski definition) is 4. The Morgan fingerprint density at radius 2 is 1.50 bits per heavy atom. The van der Waals surface area contributed by atoms with Gasteiger partial charge in [0.1, 0.15) is 5.82 Å². The van der Waals surface area contributed by atoms with Gasteiger partial charge in [-0.1, -0.05) is 33.1 Å². The van der Waals surface area contributed by atoms with Crippen molar-refractivity contribution >= 4 is 22.6 Å². The fourth-order valence-corrected chi connectivity index (χ4v) is 5.94. The average molecular weight is 546 g/mol. The van der Waals surface area contributed by atoms with E-state index in [1.165, 1.54) is 38.0 Å². The second kappa shape index (κ2) is 15.2. The van der Waals surface area contributed by atoms with Crippen molar-refractivity contribution < 1.29 is 4.79 Å². The van der Waals surface area contributed by atoms with Crippen LogP contribution in [0.2, 0.25) is 0 Å². The van der Waals surface area contributed by atoms with E-state index in [1.54, 1.807) is 0 Å². The molecular formula is C34H51N5O. The van der Waals surface area contributed by atoms with Crippen LogP contribution in [-0.4, -0.2) is 71.1 Å². The summed E-state index contributed by atoms with van der Waals surface area (Å²) < 4.78 is 2.37. The summed E-state index contributed by atoms with van der Waals surface area (Å²) in [5.74, 6) is 1.15. The summed E-state index contributed by atoms with van der Waals surface area (Å²) in [5, 5.41) is 0. The van der Waals surface area contributed by atoms with Crippen molar-refractivity contribution in [3.63, 3.8) is 0 Å². The molecule has 3 aromatic rings. The number of carbonyl (C=O) groups excluding carboxylic acids is 1. The normalized spacial score (nSPS) is 14.1. The second-order valence-corrected chi connectivity index (χ2v) is 11.3. The van der Waals surface area contributed by atoms with Gasteiger partial charge >= 0.3 is 0 Å². The van der Waals surface area contributed by atoms with Crippen LogP contribution in [0.25, 0.3) is 22.4 Å². The number of carbonyl (C=O) groups is 1. The van der Waals surface area contributed by atoms with Crippen LogP contribution in [0.15, 0.2) is 42.5 Å². The number of benzene rings is 2. The summed E-state index contributed by atoms with van der Waals surface area (Å²) in [4.78, 5) is 25.8. The van der Waals surface area contributed by atoms with Crippen molar-refractivity contribution in [1.82, 2.24) is 19.4 Å². The predicted octanol–water partition coefficient (Wildman–Crippen LogP) is 7.47. The van der Waals surface area contributed by atoms with Gasteiger partial charge in [0.25, 0.3) is 5.91 Å². The Kier molecular flexibility index (Phi) is 11.5. The molecule has 0 aliphatic carbocycles. The van der Waals surface area contributed by atoms with E-state index in [9.17, 15) is 4.79 Å². The molecule has 0 bridgehead atoms. The van der Waals surface area contributed by atoms with Crippen LogP contribution in [0, 0.1) is 0 Å². The van der Waals surface area contributed by atoms with Gasteiger partial charge in [0, 0.05) is 49.5 Å². The predicted molar refractivity (Wildman–Crippen MR) is 169 cm³/mol. The zero-order valence-electron chi connectivity index (χ0n) is 25.5. The second-order valence-electron chi connectivity index (χ2n) is 11.3. The lowest BCUT2D eigenvalue weighted by Gasteiger charge is -2.26. The first-order chi connectivity index (χ1) is 19.6. The average Bonchev–Trinajstić information content (AvgIpc) is 3.36. The maximum Gasteiger partial charge on any atom is 0.253 e. The minimum atomic E-state index is 0.148. The number of hydrogen-bond donors (Lipinski definition) is 0. The Morgan fingerprint density at radius 3 is 2.12 bits per heavy atom. The first kappa shape index (κ1) is 30.1. The Bertz CT molecular complexity index is 1180. The van der Waals surface area contributed by atoms with Crippen LogP contribution in [0.3, 0.4) is 0 Å². The highest BCUT2D eigenvalue weighted by Gasteiger charge is 2.19. The molecule has 6 heteroatoms. The van der Waals surface area contributed by atoms with Crippen LogP contribution in [0.1, 0.15) is 89.4 Å². The molecular weight excluding hydrogens is 494 g/mol. The lowest BCUT2D eigenvalue weighted by Crippen LogP contribution is -2.33. The molecule has 6 nitrogen and oxygen atoms in total. The van der Waals surface area contributed by atoms with Crippen LogP contribution in [0.4, 0.5) is 5.69 Å². The molecule has 0 radical (unpaired) electrons. The van der Waals surface area contributed by atoms with Gasteiger partial charge < -0.3 is 19.3 Å². The largest absolute Gasteiger partial charge is 0.372 e. The highest BCUT2D eigenvalue weighted by molar-refractivity contribution is 5.98. The number of likely N-dealkylation sites (tertiary alicyclic amines) is 1. The molecule has 2 heterocycles. The van der Waals surface area contributed by atoms with Crippen molar-refractivity contribution in [2.45, 2.75) is 85.6 Å². The molecule has 218 valence electrons. The molecule has 1 fully saturated rings. The van der Waals surface area contributed by atoms with Crippen LogP contribution in [0.5, 0.6) is 0 Å². The van der Waals surface area contributed by atoms with Crippen LogP contribution >= 0.6 is 0 Å². The molecule has 1 aliphatic rings. The van der Waals surface area contributed by atoms with E-state index in [1.807, 2.05) is 6.07 Å². The van der Waals surface area contributed by atoms with Gasteiger partial charge in [0.2, 0.25) is 0 Å². The molecule has 40 heavy (non-hydrogen) atoms. The summed E-state index contributed by atoms with van der Waals surface area (Å²) in [6, 6.07) is 15.0. The van der Waals surface area contributed by atoms with Crippen molar-refractivity contribution in [3.8, 4) is 11.4 Å². The summed E-state index contributed by atoms with van der Waals surface area (Å²) in [6.45, 7) is 16.9. The summed E-state index contributed by atoms with van der Waals surface area (Å²) in [5.41, 5.74) is 5.18. The Morgan fingerprint density at radius 1 is 0.825 bits per heavy atom. The number of aryl methyl sites for hydroxylation is 1. The van der Waals surface area contributed by atoms with E-state index in [0.717, 1.165) is 99.4 Å². The van der Waals surface area contributed by atoms with Crippen molar-refractivity contribution in [1.29, 1.82) is 0 Å². The maximum atomic E-state index is 13.7. The molecule has 0 N–H and O–H groups in total. The third-order valence-corrected chi connectivity index (χ3v) is 8.40. The molecule has 1 aliphatic heterocycles. The van der Waals surface area contributed by atoms with Gasteiger partial charge in [-0.3, -0.25) is 4.79 Å². The SMILES string of the molecule is CCCCN(CCCC)C(=O)c1ccc2nc(-c3ccc(N(CC)CC)cc3)n(CCCN3CCCCC3)c2c1. The van der Waals surface area contributed by atoms with Gasteiger partial charge in [0.15, 0.2) is 0 Å². The quantitative estimate of drug-likeness (QED) is 0.199. The highest BCUT2D eigenvalue weighted by atomic mass is 16.2. The molecule has 0 saturated carbocycles. The van der Waals surface area contributed by atoms with Crippen molar-refractivity contribution in [2.24, 2.45) is 0 Å². The fourth-order valence-electron chi connectivity index (χ4n) is 5.94. The third kappa shape index (κ3) is 7.45. The number of nitrogens with zero attached hydrogens (tertiary/aromatic N) is 5. The Labute approximate surface area is 242 Å². The zero-order valence-corrected chi connectivity index (χ0v) is 25.5. The molecule has 1 amide bonds. The lowest BCUT2D eigenvalue weighted by atomic mass is 10.1. The lowest BCUT2D eigenvalue weighted by molar-refractivity contribution is 0.0751. The third-order valence-electron chi connectivity index (χ3n) is 8.40. The molecule has 0 unspecified atom stereocenters. The Hall–Kier alpha value is -2.86. The number of imidazole rings is 1. The van der Waals surface area contributed by atoms with E-state index >= 15 is 0 Å². The number of anilines is 1. The summed E-state index contributed by atoms with van der Waals surface area (Å²) in [7, 11) is 0. The number of amides is 1. The highest BCUT2D eigenvalue weighted by Crippen LogP contribution is 2.28. The van der Waals surface area contributed by atoms with Gasteiger partial charge in [0.05, 0.1) is 11.0 Å². The number of aromatic nitrogens is 2. The zero-order chi connectivity index (χ0) is 28.3. The minimum absolute atomic E-state index is 0.148. The first-order valence-corrected chi connectivity index (χ1v) is 16.0. The van der Waals surface area contributed by atoms with E-state index in [4.69, 9.17) is 4.98 Å². The van der Waals surface area contributed by atoms with Gasteiger partial charge in [-0.15, -0.1) is 0 Å². The number of unbranched alkanes of at least 4 members (excludes halogenated alkanes) is 2. The van der Waals surface area contributed by atoms with Crippen molar-refractivity contribution in [3.05, 3.63) is 48.0 Å². The number of piperidine rings is 1. The molecule has 0 spiro atoms. The first-order valence-electron chi connectivity index (χ1n) is 16.0. The summed E-state index contributed by atoms with van der Waals surface area (Å²) >= 11 is 0. The number of fused-ring (bicyclic) bond motifs is 1. The van der Waals surface area contributed by atoms with Crippen LogP contribution < -0.4 is 4.90 Å². The number of rotatable bonds is 15. The topological polar surface area (TPSA) is 44.6 Å². The van der Waals surface area contributed by atoms with Gasteiger partial charge in [-0.2, -0.15) is 0 Å². The van der Waals surface area contributed by atoms with Crippen LogP contribution in [-0.2, 0) is 6.54 Å². The van der Waals surface area contributed by atoms with Gasteiger partial charge in [-0.05, 0) is 108 Å². The monoisotopic (exact) mass is 545 g/mol.